The van der Waals surface area contributed by atoms with Gasteiger partial charge in [-0.05, 0) is 38.0 Å². The molecule has 0 amide bonds. The van der Waals surface area contributed by atoms with Crippen molar-refractivity contribution in [3.63, 3.8) is 0 Å². The van der Waals surface area contributed by atoms with Gasteiger partial charge in [0.15, 0.2) is 0 Å². The monoisotopic (exact) mass is 441 g/mol. The Morgan fingerprint density at radius 2 is 1.77 bits per heavy atom. The van der Waals surface area contributed by atoms with Crippen molar-refractivity contribution in [1.82, 2.24) is 14.9 Å². The second-order valence-electron chi connectivity index (χ2n) is 7.20. The van der Waals surface area contributed by atoms with Crippen LogP contribution < -0.4 is 9.47 Å². The minimum Gasteiger partial charge on any atom is -0.497 e. The van der Waals surface area contributed by atoms with Crippen LogP contribution in [0.1, 0.15) is 30.7 Å². The zero-order valence-corrected chi connectivity index (χ0v) is 17.6. The van der Waals surface area contributed by atoms with E-state index in [0.717, 1.165) is 49.8 Å². The van der Waals surface area contributed by atoms with Crippen molar-refractivity contribution >= 4 is 5.97 Å². The number of hydrogen-bond donors (Lipinski definition) is 1. The first-order valence-electron chi connectivity index (χ1n) is 9.75. The van der Waals surface area contributed by atoms with Gasteiger partial charge in [-0.2, -0.15) is 13.2 Å². The standard InChI is InChI=1S/C19H25N3O2.C2HF3O2/c1-14(2)24-19-17-8-10-22(11-9-18(17)20-13-21-19)12-15-4-6-16(23-3)7-5-15;3-2(4,5)1(6)7/h4-7,13-14H,8-12H2,1-3H3;(H,6,7). The maximum absolute atomic E-state index is 10.6. The largest absolute Gasteiger partial charge is 0.497 e. The molecule has 1 aromatic carbocycles. The molecule has 1 aliphatic rings. The fourth-order valence-corrected chi connectivity index (χ4v) is 3.01. The number of carboxylic acids is 1. The molecule has 0 radical (unpaired) electrons. The lowest BCUT2D eigenvalue weighted by atomic mass is 10.1. The Kier molecular flexibility index (Phi) is 8.61. The molecule has 1 N–H and O–H groups in total. The van der Waals surface area contributed by atoms with Crippen LogP contribution in [-0.2, 0) is 24.2 Å². The summed E-state index contributed by atoms with van der Waals surface area (Å²) in [7, 11) is 1.69. The van der Waals surface area contributed by atoms with Crippen molar-refractivity contribution in [2.24, 2.45) is 0 Å². The van der Waals surface area contributed by atoms with E-state index in [1.54, 1.807) is 13.4 Å². The number of hydrogen-bond acceptors (Lipinski definition) is 6. The number of nitrogens with zero attached hydrogens (tertiary/aromatic N) is 3. The first kappa shape index (κ1) is 24.4. The maximum Gasteiger partial charge on any atom is 0.490 e. The van der Waals surface area contributed by atoms with Gasteiger partial charge in [0.25, 0.3) is 0 Å². The predicted molar refractivity (Wildman–Crippen MR) is 107 cm³/mol. The minimum atomic E-state index is -5.08. The molecule has 3 rings (SSSR count). The number of carbonyl (C=O) groups is 1. The number of fused-ring (bicyclic) bond motifs is 1. The lowest BCUT2D eigenvalue weighted by Gasteiger charge is -2.19. The minimum absolute atomic E-state index is 0.127. The summed E-state index contributed by atoms with van der Waals surface area (Å²) in [6.07, 6.45) is -1.48. The van der Waals surface area contributed by atoms with Gasteiger partial charge in [-0.3, -0.25) is 4.90 Å². The van der Waals surface area contributed by atoms with Crippen LogP contribution in [0.5, 0.6) is 11.6 Å². The molecule has 10 heteroatoms. The van der Waals surface area contributed by atoms with Crippen LogP contribution in [0.25, 0.3) is 0 Å². The van der Waals surface area contributed by atoms with Crippen molar-refractivity contribution in [2.75, 3.05) is 20.2 Å². The number of ether oxygens (including phenoxy) is 2. The molecule has 0 aliphatic carbocycles. The van der Waals surface area contributed by atoms with Crippen LogP contribution in [0.4, 0.5) is 13.2 Å². The summed E-state index contributed by atoms with van der Waals surface area (Å²) in [6.45, 7) is 6.98. The smallest absolute Gasteiger partial charge is 0.490 e. The molecule has 0 spiro atoms. The van der Waals surface area contributed by atoms with E-state index in [-0.39, 0.29) is 6.10 Å². The number of rotatable bonds is 5. The number of methoxy groups -OCH3 is 1. The van der Waals surface area contributed by atoms with Gasteiger partial charge in [0.2, 0.25) is 5.88 Å². The topological polar surface area (TPSA) is 84.8 Å². The lowest BCUT2D eigenvalue weighted by molar-refractivity contribution is -0.192. The van der Waals surface area contributed by atoms with Gasteiger partial charge in [0, 0.05) is 31.6 Å². The van der Waals surface area contributed by atoms with E-state index in [2.05, 4.69) is 27.0 Å². The van der Waals surface area contributed by atoms with Crippen LogP contribution in [0.15, 0.2) is 30.6 Å². The SMILES string of the molecule is COc1ccc(CN2CCc3ncnc(OC(C)C)c3CC2)cc1.O=C(O)C(F)(F)F. The Bertz CT molecular complexity index is 858. The highest BCUT2D eigenvalue weighted by atomic mass is 19.4. The Hall–Kier alpha value is -2.88. The molecule has 31 heavy (non-hydrogen) atoms. The molecule has 170 valence electrons. The molecule has 1 aromatic heterocycles. The molecule has 2 aromatic rings. The maximum atomic E-state index is 10.6. The summed E-state index contributed by atoms with van der Waals surface area (Å²) in [6, 6.07) is 8.29. The number of aliphatic carboxylic acids is 1. The average molecular weight is 441 g/mol. The van der Waals surface area contributed by atoms with Crippen molar-refractivity contribution in [1.29, 1.82) is 0 Å². The fourth-order valence-electron chi connectivity index (χ4n) is 3.01. The van der Waals surface area contributed by atoms with Gasteiger partial charge in [0.1, 0.15) is 12.1 Å². The van der Waals surface area contributed by atoms with Crippen LogP contribution in [0.3, 0.4) is 0 Å². The van der Waals surface area contributed by atoms with Gasteiger partial charge in [0.05, 0.1) is 18.9 Å². The summed E-state index contributed by atoms with van der Waals surface area (Å²) >= 11 is 0. The van der Waals surface area contributed by atoms with Gasteiger partial charge in [-0.1, -0.05) is 12.1 Å². The highest BCUT2D eigenvalue weighted by Crippen LogP contribution is 2.24. The molecule has 7 nitrogen and oxygen atoms in total. The molecule has 0 bridgehead atoms. The van der Waals surface area contributed by atoms with Gasteiger partial charge < -0.3 is 14.6 Å². The number of benzene rings is 1. The molecular weight excluding hydrogens is 415 g/mol. The van der Waals surface area contributed by atoms with E-state index in [4.69, 9.17) is 19.4 Å². The lowest BCUT2D eigenvalue weighted by Crippen LogP contribution is -2.25. The summed E-state index contributed by atoms with van der Waals surface area (Å²) < 4.78 is 42.8. The molecule has 0 saturated carbocycles. The molecule has 1 aliphatic heterocycles. The zero-order valence-electron chi connectivity index (χ0n) is 17.6. The van der Waals surface area contributed by atoms with Crippen molar-refractivity contribution in [3.8, 4) is 11.6 Å². The number of halogens is 3. The number of alkyl halides is 3. The third-order valence-corrected chi connectivity index (χ3v) is 4.49. The van der Waals surface area contributed by atoms with Crippen molar-refractivity contribution < 1.29 is 32.5 Å². The summed E-state index contributed by atoms with van der Waals surface area (Å²) in [4.78, 5) is 20.2. The number of carboxylic acid groups (broad SMARTS) is 1. The van der Waals surface area contributed by atoms with E-state index in [0.29, 0.717) is 0 Å². The van der Waals surface area contributed by atoms with Crippen molar-refractivity contribution in [3.05, 3.63) is 47.4 Å². The summed E-state index contributed by atoms with van der Waals surface area (Å²) in [5, 5.41) is 7.12. The average Bonchev–Trinajstić information content (AvgIpc) is 2.91. The first-order chi connectivity index (χ1) is 14.6. The van der Waals surface area contributed by atoms with E-state index >= 15 is 0 Å². The van der Waals surface area contributed by atoms with Crippen molar-refractivity contribution in [2.45, 2.75) is 45.5 Å². The van der Waals surface area contributed by atoms with Crippen LogP contribution >= 0.6 is 0 Å². The summed E-state index contributed by atoms with van der Waals surface area (Å²) in [5.41, 5.74) is 3.59. The van der Waals surface area contributed by atoms with E-state index in [9.17, 15) is 13.2 Å². The highest BCUT2D eigenvalue weighted by Gasteiger charge is 2.38. The Morgan fingerprint density at radius 1 is 1.16 bits per heavy atom. The fraction of sp³-hybridized carbons (Fsp3) is 0.476. The van der Waals surface area contributed by atoms with Gasteiger partial charge >= 0.3 is 12.1 Å². The summed E-state index contributed by atoms with van der Waals surface area (Å²) in [5.74, 6) is -1.11. The first-order valence-corrected chi connectivity index (χ1v) is 9.75. The second-order valence-corrected chi connectivity index (χ2v) is 7.20. The Balaban J connectivity index is 0.000000423. The van der Waals surface area contributed by atoms with Crippen LogP contribution in [0.2, 0.25) is 0 Å². The second kappa shape index (κ2) is 10.9. The van der Waals surface area contributed by atoms with Gasteiger partial charge in [-0.25, -0.2) is 14.8 Å². The van der Waals surface area contributed by atoms with Gasteiger partial charge in [-0.15, -0.1) is 0 Å². The van der Waals surface area contributed by atoms with E-state index in [1.165, 1.54) is 11.1 Å². The molecule has 2 heterocycles. The predicted octanol–water partition coefficient (Wildman–Crippen LogP) is 3.51. The van der Waals surface area contributed by atoms with Crippen LogP contribution in [-0.4, -0.2) is 58.4 Å². The Morgan fingerprint density at radius 3 is 2.32 bits per heavy atom. The highest BCUT2D eigenvalue weighted by molar-refractivity contribution is 5.73. The normalized spacial score (nSPS) is 14.2. The van der Waals surface area contributed by atoms with E-state index in [1.807, 2.05) is 26.0 Å². The molecule has 0 fully saturated rings. The molecule has 0 unspecified atom stereocenters. The van der Waals surface area contributed by atoms with Crippen LogP contribution in [0, 0.1) is 0 Å². The third kappa shape index (κ3) is 7.71. The van der Waals surface area contributed by atoms with E-state index < -0.39 is 12.1 Å². The molecule has 0 atom stereocenters. The Labute approximate surface area is 178 Å². The third-order valence-electron chi connectivity index (χ3n) is 4.49. The molecule has 0 saturated heterocycles. The molecular formula is C21H26F3N3O4. The number of aromatic nitrogens is 2. The quantitative estimate of drug-likeness (QED) is 0.760. The zero-order chi connectivity index (χ0) is 23.0.